The predicted molar refractivity (Wildman–Crippen MR) is 88.4 cm³/mol. The molecule has 4 heteroatoms. The normalized spacial score (nSPS) is 13.9. The Balaban J connectivity index is 1.55. The summed E-state index contributed by atoms with van der Waals surface area (Å²) in [7, 11) is 0. The number of hydrogen-bond donors (Lipinski definition) is 1. The van der Waals surface area contributed by atoms with Crippen LogP contribution in [0.3, 0.4) is 0 Å². The molecule has 0 atom stereocenters. The molecule has 0 amide bonds. The zero-order valence-corrected chi connectivity index (χ0v) is 12.6. The van der Waals surface area contributed by atoms with Crippen molar-refractivity contribution in [1.29, 1.82) is 0 Å². The quantitative estimate of drug-likeness (QED) is 0.862. The van der Waals surface area contributed by atoms with Crippen LogP contribution in [0.2, 0.25) is 0 Å². The molecule has 0 saturated heterocycles. The molecule has 0 aliphatic carbocycles. The molecule has 3 rings (SSSR count). The summed E-state index contributed by atoms with van der Waals surface area (Å²) in [5.74, 6) is 0.765. The summed E-state index contributed by atoms with van der Waals surface area (Å²) in [6.07, 6.45) is 0. The van der Waals surface area contributed by atoms with Gasteiger partial charge in [-0.2, -0.15) is 0 Å². The topological polar surface area (TPSA) is 38.5 Å². The lowest BCUT2D eigenvalue weighted by atomic mass is 10.1. The van der Waals surface area contributed by atoms with Gasteiger partial charge in [-0.15, -0.1) is 0 Å². The molecule has 1 aliphatic heterocycles. The van der Waals surface area contributed by atoms with E-state index in [0.717, 1.165) is 30.9 Å². The van der Waals surface area contributed by atoms with Crippen molar-refractivity contribution in [3.63, 3.8) is 0 Å². The summed E-state index contributed by atoms with van der Waals surface area (Å²) in [5, 5.41) is 0. The highest BCUT2D eigenvalue weighted by molar-refractivity contribution is 7.80. The van der Waals surface area contributed by atoms with Gasteiger partial charge in [0.1, 0.15) is 17.3 Å². The summed E-state index contributed by atoms with van der Waals surface area (Å²) < 4.78 is 5.85. The Hall–Kier alpha value is -1.91. The van der Waals surface area contributed by atoms with Crippen LogP contribution < -0.4 is 10.5 Å². The Morgan fingerprint density at radius 3 is 2.33 bits per heavy atom. The summed E-state index contributed by atoms with van der Waals surface area (Å²) in [6.45, 7) is 3.51. The first-order valence-corrected chi connectivity index (χ1v) is 7.45. The summed E-state index contributed by atoms with van der Waals surface area (Å²) in [6, 6.07) is 16.2. The number of thiocarbonyl (C=S) groups is 1. The van der Waals surface area contributed by atoms with Crippen LogP contribution in [0.5, 0.6) is 5.75 Å². The molecule has 0 unspecified atom stereocenters. The minimum atomic E-state index is 0.374. The van der Waals surface area contributed by atoms with E-state index in [4.69, 9.17) is 22.7 Å². The number of nitrogens with zero attached hydrogens (tertiary/aromatic N) is 1. The molecule has 108 valence electrons. The average Bonchev–Trinajstić information content (AvgIpc) is 2.90. The van der Waals surface area contributed by atoms with E-state index in [9.17, 15) is 0 Å². The highest BCUT2D eigenvalue weighted by Gasteiger charge is 2.17. The van der Waals surface area contributed by atoms with Crippen molar-refractivity contribution in [3.05, 3.63) is 65.2 Å². The monoisotopic (exact) mass is 298 g/mol. The maximum absolute atomic E-state index is 5.85. The van der Waals surface area contributed by atoms with Gasteiger partial charge in [0.05, 0.1) is 5.56 Å². The Kier molecular flexibility index (Phi) is 4.18. The Labute approximate surface area is 130 Å². The molecule has 2 aromatic carbocycles. The molecule has 1 heterocycles. The number of benzene rings is 2. The summed E-state index contributed by atoms with van der Waals surface area (Å²) in [5.41, 5.74) is 9.35. The van der Waals surface area contributed by atoms with Crippen molar-refractivity contribution in [2.24, 2.45) is 5.73 Å². The molecule has 2 N–H and O–H groups in total. The number of fused-ring (bicyclic) bond motifs is 1. The van der Waals surface area contributed by atoms with Crippen LogP contribution in [0, 0.1) is 0 Å². The number of ether oxygens (including phenoxy) is 1. The molecule has 0 spiro atoms. The zero-order valence-electron chi connectivity index (χ0n) is 11.8. The Morgan fingerprint density at radius 1 is 1.05 bits per heavy atom. The maximum atomic E-state index is 5.85. The van der Waals surface area contributed by atoms with Crippen LogP contribution >= 0.6 is 12.2 Å². The van der Waals surface area contributed by atoms with Gasteiger partial charge in [0.2, 0.25) is 0 Å². The van der Waals surface area contributed by atoms with E-state index < -0.39 is 0 Å². The van der Waals surface area contributed by atoms with Crippen molar-refractivity contribution < 1.29 is 4.74 Å². The van der Waals surface area contributed by atoms with Gasteiger partial charge in [-0.1, -0.05) is 48.6 Å². The van der Waals surface area contributed by atoms with Crippen LogP contribution in [0.1, 0.15) is 16.7 Å². The smallest absolute Gasteiger partial charge is 0.129 e. The molecular formula is C17H18N2OS. The summed E-state index contributed by atoms with van der Waals surface area (Å²) in [4.78, 5) is 2.76. The number of hydrogen-bond acceptors (Lipinski definition) is 3. The minimum Gasteiger partial charge on any atom is -0.492 e. The second-order valence-electron chi connectivity index (χ2n) is 5.19. The number of rotatable bonds is 5. The van der Waals surface area contributed by atoms with Crippen molar-refractivity contribution in [2.75, 3.05) is 13.2 Å². The van der Waals surface area contributed by atoms with Crippen LogP contribution in [-0.2, 0) is 13.1 Å². The third kappa shape index (κ3) is 3.23. The highest BCUT2D eigenvalue weighted by Crippen LogP contribution is 2.22. The highest BCUT2D eigenvalue weighted by atomic mass is 32.1. The van der Waals surface area contributed by atoms with E-state index in [1.165, 1.54) is 11.1 Å². The second kappa shape index (κ2) is 6.24. The third-order valence-corrected chi connectivity index (χ3v) is 3.94. The van der Waals surface area contributed by atoms with E-state index in [1.54, 1.807) is 0 Å². The molecule has 0 radical (unpaired) electrons. The largest absolute Gasteiger partial charge is 0.492 e. The van der Waals surface area contributed by atoms with Gasteiger partial charge in [0.25, 0.3) is 0 Å². The standard InChI is InChI=1S/C17H18N2OS/c18-17(21)15-7-3-4-8-16(15)20-10-9-19-11-13-5-1-2-6-14(13)12-19/h1-8H,9-12H2,(H2,18,21). The number of para-hydroxylation sites is 1. The van der Waals surface area contributed by atoms with Crippen LogP contribution in [0.25, 0.3) is 0 Å². The van der Waals surface area contributed by atoms with Crippen LogP contribution in [-0.4, -0.2) is 23.0 Å². The second-order valence-corrected chi connectivity index (χ2v) is 5.63. The van der Waals surface area contributed by atoms with Crippen molar-refractivity contribution in [3.8, 4) is 5.75 Å². The van der Waals surface area contributed by atoms with Crippen molar-refractivity contribution in [2.45, 2.75) is 13.1 Å². The molecule has 21 heavy (non-hydrogen) atoms. The predicted octanol–water partition coefficient (Wildman–Crippen LogP) is 2.72. The minimum absolute atomic E-state index is 0.374. The van der Waals surface area contributed by atoms with E-state index in [-0.39, 0.29) is 0 Å². The molecule has 0 bridgehead atoms. The summed E-state index contributed by atoms with van der Waals surface area (Å²) >= 11 is 5.04. The molecule has 3 nitrogen and oxygen atoms in total. The van der Waals surface area contributed by atoms with Crippen LogP contribution in [0.15, 0.2) is 48.5 Å². The van der Waals surface area contributed by atoms with E-state index in [2.05, 4.69) is 29.2 Å². The fourth-order valence-corrected chi connectivity index (χ4v) is 2.81. The fourth-order valence-electron chi connectivity index (χ4n) is 2.64. The molecule has 2 aromatic rings. The maximum Gasteiger partial charge on any atom is 0.129 e. The molecule has 0 fully saturated rings. The number of nitrogens with two attached hydrogens (primary N) is 1. The van der Waals surface area contributed by atoms with E-state index in [1.807, 2.05) is 24.3 Å². The van der Waals surface area contributed by atoms with Crippen molar-refractivity contribution >= 4 is 17.2 Å². The first-order chi connectivity index (χ1) is 10.2. The van der Waals surface area contributed by atoms with Gasteiger partial charge < -0.3 is 10.5 Å². The Bertz CT molecular complexity index is 632. The molecule has 1 aliphatic rings. The molecule has 0 saturated carbocycles. The molecular weight excluding hydrogens is 280 g/mol. The van der Waals surface area contributed by atoms with Gasteiger partial charge in [-0.25, -0.2) is 0 Å². The van der Waals surface area contributed by atoms with Gasteiger partial charge in [-0.3, -0.25) is 4.90 Å². The van der Waals surface area contributed by atoms with Crippen LogP contribution in [0.4, 0.5) is 0 Å². The molecule has 0 aromatic heterocycles. The van der Waals surface area contributed by atoms with E-state index >= 15 is 0 Å². The SMILES string of the molecule is NC(=S)c1ccccc1OCCN1Cc2ccccc2C1. The van der Waals surface area contributed by atoms with Gasteiger partial charge >= 0.3 is 0 Å². The van der Waals surface area contributed by atoms with Gasteiger partial charge in [0.15, 0.2) is 0 Å². The average molecular weight is 298 g/mol. The zero-order chi connectivity index (χ0) is 14.7. The fraction of sp³-hybridized carbons (Fsp3) is 0.235. The van der Waals surface area contributed by atoms with Crippen molar-refractivity contribution in [1.82, 2.24) is 4.90 Å². The first-order valence-electron chi connectivity index (χ1n) is 7.05. The van der Waals surface area contributed by atoms with Gasteiger partial charge in [0, 0.05) is 19.6 Å². The van der Waals surface area contributed by atoms with E-state index in [0.29, 0.717) is 11.6 Å². The first kappa shape index (κ1) is 14.0. The lowest BCUT2D eigenvalue weighted by Gasteiger charge is -2.16. The lowest BCUT2D eigenvalue weighted by molar-refractivity contribution is 0.211. The Morgan fingerprint density at radius 2 is 1.67 bits per heavy atom. The third-order valence-electron chi connectivity index (χ3n) is 3.72. The van der Waals surface area contributed by atoms with Gasteiger partial charge in [-0.05, 0) is 23.3 Å². The lowest BCUT2D eigenvalue weighted by Crippen LogP contribution is -2.23.